The highest BCUT2D eigenvalue weighted by Gasteiger charge is 2.13. The van der Waals surface area contributed by atoms with Crippen molar-refractivity contribution in [1.29, 1.82) is 0 Å². The van der Waals surface area contributed by atoms with E-state index in [9.17, 15) is 9.90 Å². The predicted molar refractivity (Wildman–Crippen MR) is 77.8 cm³/mol. The van der Waals surface area contributed by atoms with E-state index in [1.54, 1.807) is 6.07 Å². The van der Waals surface area contributed by atoms with E-state index in [2.05, 4.69) is 6.92 Å². The molecular weight excluding hydrogens is 236 g/mol. The van der Waals surface area contributed by atoms with Crippen molar-refractivity contribution in [3.63, 3.8) is 0 Å². The fraction of sp³-hybridized carbons (Fsp3) is 0.235. The molecule has 2 aromatic carbocycles. The first kappa shape index (κ1) is 13.3. The van der Waals surface area contributed by atoms with E-state index >= 15 is 0 Å². The SMILES string of the molecule is Cc1ccc(-c2cc(C)c(C)cc2C(=O)O)cc1C. The van der Waals surface area contributed by atoms with Crippen molar-refractivity contribution >= 4 is 5.97 Å². The summed E-state index contributed by atoms with van der Waals surface area (Å²) in [4.78, 5) is 11.4. The molecule has 98 valence electrons. The summed E-state index contributed by atoms with van der Waals surface area (Å²) in [6.45, 7) is 8.04. The summed E-state index contributed by atoms with van der Waals surface area (Å²) in [5.41, 5.74) is 6.62. The number of rotatable bonds is 2. The van der Waals surface area contributed by atoms with Gasteiger partial charge in [0.2, 0.25) is 0 Å². The summed E-state index contributed by atoms with van der Waals surface area (Å²) in [6.07, 6.45) is 0. The minimum Gasteiger partial charge on any atom is -0.478 e. The smallest absolute Gasteiger partial charge is 0.336 e. The van der Waals surface area contributed by atoms with Gasteiger partial charge in [-0.2, -0.15) is 0 Å². The maximum atomic E-state index is 11.4. The molecule has 2 aromatic rings. The van der Waals surface area contributed by atoms with Gasteiger partial charge in [0.1, 0.15) is 0 Å². The second kappa shape index (κ2) is 4.88. The van der Waals surface area contributed by atoms with Crippen LogP contribution in [-0.2, 0) is 0 Å². The minimum absolute atomic E-state index is 0.367. The largest absolute Gasteiger partial charge is 0.478 e. The number of carbonyl (C=O) groups is 1. The number of aryl methyl sites for hydroxylation is 4. The van der Waals surface area contributed by atoms with E-state index in [-0.39, 0.29) is 0 Å². The van der Waals surface area contributed by atoms with E-state index in [1.165, 1.54) is 11.1 Å². The van der Waals surface area contributed by atoms with Gasteiger partial charge in [0.05, 0.1) is 5.56 Å². The highest BCUT2D eigenvalue weighted by Crippen LogP contribution is 2.28. The number of hydrogen-bond donors (Lipinski definition) is 1. The molecule has 0 radical (unpaired) electrons. The Balaban J connectivity index is 2.69. The zero-order valence-corrected chi connectivity index (χ0v) is 11.7. The normalized spacial score (nSPS) is 10.5. The van der Waals surface area contributed by atoms with Crippen molar-refractivity contribution in [3.05, 3.63) is 58.1 Å². The second-order valence-electron chi connectivity index (χ2n) is 5.09. The number of carboxylic acids is 1. The van der Waals surface area contributed by atoms with Gasteiger partial charge in [0.15, 0.2) is 0 Å². The molecule has 0 unspecified atom stereocenters. The van der Waals surface area contributed by atoms with Gasteiger partial charge in [-0.25, -0.2) is 4.79 Å². The Labute approximate surface area is 113 Å². The quantitative estimate of drug-likeness (QED) is 0.868. The van der Waals surface area contributed by atoms with Crippen LogP contribution in [0.2, 0.25) is 0 Å². The van der Waals surface area contributed by atoms with Crippen LogP contribution < -0.4 is 0 Å². The van der Waals surface area contributed by atoms with Gasteiger partial charge >= 0.3 is 5.97 Å². The Bertz CT molecular complexity index is 655. The molecule has 0 saturated heterocycles. The van der Waals surface area contributed by atoms with Crippen LogP contribution >= 0.6 is 0 Å². The van der Waals surface area contributed by atoms with E-state index < -0.39 is 5.97 Å². The molecule has 0 amide bonds. The average molecular weight is 254 g/mol. The minimum atomic E-state index is -0.878. The molecule has 2 rings (SSSR count). The number of benzene rings is 2. The third-order valence-electron chi connectivity index (χ3n) is 3.68. The van der Waals surface area contributed by atoms with Gasteiger partial charge in [0, 0.05) is 0 Å². The Hall–Kier alpha value is -2.09. The molecule has 0 bridgehead atoms. The molecule has 19 heavy (non-hydrogen) atoms. The van der Waals surface area contributed by atoms with Crippen LogP contribution in [0.5, 0.6) is 0 Å². The van der Waals surface area contributed by atoms with Crippen molar-refractivity contribution in [2.45, 2.75) is 27.7 Å². The lowest BCUT2D eigenvalue weighted by molar-refractivity contribution is 0.0697. The molecule has 0 heterocycles. The summed E-state index contributed by atoms with van der Waals surface area (Å²) in [5.74, 6) is -0.878. The molecule has 0 aliphatic carbocycles. The number of carboxylic acid groups (broad SMARTS) is 1. The molecule has 0 spiro atoms. The van der Waals surface area contributed by atoms with Crippen LogP contribution in [0.4, 0.5) is 0 Å². The van der Waals surface area contributed by atoms with Crippen LogP contribution in [0.1, 0.15) is 32.6 Å². The second-order valence-corrected chi connectivity index (χ2v) is 5.09. The molecule has 1 N–H and O–H groups in total. The van der Waals surface area contributed by atoms with E-state index in [4.69, 9.17) is 0 Å². The van der Waals surface area contributed by atoms with Gasteiger partial charge in [-0.15, -0.1) is 0 Å². The first-order valence-corrected chi connectivity index (χ1v) is 6.32. The third kappa shape index (κ3) is 2.53. The van der Waals surface area contributed by atoms with Gasteiger partial charge in [-0.3, -0.25) is 0 Å². The first-order chi connectivity index (χ1) is 8.90. The van der Waals surface area contributed by atoms with Crippen molar-refractivity contribution in [2.75, 3.05) is 0 Å². The maximum absolute atomic E-state index is 11.4. The molecule has 0 saturated carbocycles. The zero-order chi connectivity index (χ0) is 14.2. The Kier molecular flexibility index (Phi) is 3.43. The topological polar surface area (TPSA) is 37.3 Å². The fourth-order valence-electron chi connectivity index (χ4n) is 2.14. The van der Waals surface area contributed by atoms with Crippen molar-refractivity contribution in [2.24, 2.45) is 0 Å². The van der Waals surface area contributed by atoms with Crippen molar-refractivity contribution in [3.8, 4) is 11.1 Å². The molecule has 2 nitrogen and oxygen atoms in total. The molecule has 0 fully saturated rings. The molecule has 0 aliphatic heterocycles. The summed E-state index contributed by atoms with van der Waals surface area (Å²) in [7, 11) is 0. The van der Waals surface area contributed by atoms with Gasteiger partial charge < -0.3 is 5.11 Å². The van der Waals surface area contributed by atoms with Crippen LogP contribution in [0, 0.1) is 27.7 Å². The molecular formula is C17H18O2. The molecule has 0 atom stereocenters. The summed E-state index contributed by atoms with van der Waals surface area (Å²) >= 11 is 0. The molecule has 2 heteroatoms. The predicted octanol–water partition coefficient (Wildman–Crippen LogP) is 4.29. The number of aromatic carboxylic acids is 1. The molecule has 0 aliphatic rings. The van der Waals surface area contributed by atoms with Gasteiger partial charge in [0.25, 0.3) is 0 Å². The van der Waals surface area contributed by atoms with Crippen LogP contribution in [0.3, 0.4) is 0 Å². The lowest BCUT2D eigenvalue weighted by atomic mass is 9.93. The standard InChI is InChI=1S/C17H18O2/c1-10-5-6-14(7-11(10)2)15-8-12(3)13(4)9-16(15)17(18)19/h5-9H,1-4H3,(H,18,19). The average Bonchev–Trinajstić information content (AvgIpc) is 2.35. The summed E-state index contributed by atoms with van der Waals surface area (Å²) < 4.78 is 0. The first-order valence-electron chi connectivity index (χ1n) is 6.32. The summed E-state index contributed by atoms with van der Waals surface area (Å²) in [6, 6.07) is 9.78. The van der Waals surface area contributed by atoms with E-state index in [0.29, 0.717) is 5.56 Å². The van der Waals surface area contributed by atoms with Crippen molar-refractivity contribution in [1.82, 2.24) is 0 Å². The van der Waals surface area contributed by atoms with E-state index in [1.807, 2.05) is 45.0 Å². The monoisotopic (exact) mass is 254 g/mol. The fourth-order valence-corrected chi connectivity index (χ4v) is 2.14. The maximum Gasteiger partial charge on any atom is 0.336 e. The number of hydrogen-bond acceptors (Lipinski definition) is 1. The van der Waals surface area contributed by atoms with Crippen LogP contribution in [-0.4, -0.2) is 11.1 Å². The Morgan fingerprint density at radius 2 is 1.42 bits per heavy atom. The highest BCUT2D eigenvalue weighted by molar-refractivity contribution is 5.96. The van der Waals surface area contributed by atoms with Crippen LogP contribution in [0.15, 0.2) is 30.3 Å². The van der Waals surface area contributed by atoms with Gasteiger partial charge in [-0.1, -0.05) is 24.3 Å². The van der Waals surface area contributed by atoms with E-state index in [0.717, 1.165) is 22.3 Å². The van der Waals surface area contributed by atoms with Gasteiger partial charge in [-0.05, 0) is 67.1 Å². The van der Waals surface area contributed by atoms with Crippen LogP contribution in [0.25, 0.3) is 11.1 Å². The van der Waals surface area contributed by atoms with Crippen molar-refractivity contribution < 1.29 is 9.90 Å². The molecule has 0 aromatic heterocycles. The Morgan fingerprint density at radius 1 is 0.842 bits per heavy atom. The zero-order valence-electron chi connectivity index (χ0n) is 11.7. The third-order valence-corrected chi connectivity index (χ3v) is 3.68. The summed E-state index contributed by atoms with van der Waals surface area (Å²) in [5, 5.41) is 9.37. The lowest BCUT2D eigenvalue weighted by Gasteiger charge is -2.12. The lowest BCUT2D eigenvalue weighted by Crippen LogP contribution is -2.02. The highest BCUT2D eigenvalue weighted by atomic mass is 16.4. The Morgan fingerprint density at radius 3 is 2.00 bits per heavy atom.